The molecule has 0 heterocycles. The minimum absolute atomic E-state index is 0.377. The fourth-order valence-electron chi connectivity index (χ4n) is 1.39. The van der Waals surface area contributed by atoms with Crippen molar-refractivity contribution in [3.8, 4) is 0 Å². The van der Waals surface area contributed by atoms with Gasteiger partial charge in [0, 0.05) is 0 Å². The van der Waals surface area contributed by atoms with E-state index in [1.54, 1.807) is 6.92 Å². The number of hydrogen-bond donors (Lipinski definition) is 1. The summed E-state index contributed by atoms with van der Waals surface area (Å²) in [7, 11) is 0. The second-order valence-electron chi connectivity index (χ2n) is 3.63. The zero-order valence-corrected chi connectivity index (χ0v) is 9.15. The molecule has 2 nitrogen and oxygen atoms in total. The molecular formula is C13H18O2. The van der Waals surface area contributed by atoms with E-state index < -0.39 is 6.10 Å². The maximum absolute atomic E-state index is 9.06. The van der Waals surface area contributed by atoms with Crippen LogP contribution in [0.25, 0.3) is 0 Å². The Bertz CT molecular complexity index is 305. The molecule has 0 aromatic heterocycles. The zero-order chi connectivity index (χ0) is 11.1. The second kappa shape index (κ2) is 6.38. The van der Waals surface area contributed by atoms with Gasteiger partial charge in [0.1, 0.15) is 0 Å². The standard InChI is InChI=1S/C13H18O2/c1-3-6-12-7-4-5-8-13(12)10-15-9-11(2)14/h3-5,7-8,11,14H,1,6,9-10H2,2H3. The molecule has 0 fully saturated rings. The van der Waals surface area contributed by atoms with Crippen LogP contribution in [0.3, 0.4) is 0 Å². The van der Waals surface area contributed by atoms with Crippen molar-refractivity contribution in [2.75, 3.05) is 6.61 Å². The molecule has 0 radical (unpaired) electrons. The van der Waals surface area contributed by atoms with Gasteiger partial charge in [-0.2, -0.15) is 0 Å². The van der Waals surface area contributed by atoms with Gasteiger partial charge in [-0.1, -0.05) is 30.3 Å². The molecule has 1 aromatic rings. The molecule has 1 N–H and O–H groups in total. The normalized spacial score (nSPS) is 12.4. The molecule has 1 atom stereocenters. The Hall–Kier alpha value is -1.12. The van der Waals surface area contributed by atoms with Gasteiger partial charge < -0.3 is 9.84 Å². The molecule has 0 amide bonds. The Morgan fingerprint density at radius 2 is 2.07 bits per heavy atom. The molecule has 2 heteroatoms. The first kappa shape index (κ1) is 12.0. The minimum Gasteiger partial charge on any atom is -0.391 e. The van der Waals surface area contributed by atoms with Gasteiger partial charge in [0.15, 0.2) is 0 Å². The minimum atomic E-state index is -0.406. The topological polar surface area (TPSA) is 29.5 Å². The summed E-state index contributed by atoms with van der Waals surface area (Å²) in [5.41, 5.74) is 2.40. The van der Waals surface area contributed by atoms with Crippen LogP contribution in [0.15, 0.2) is 36.9 Å². The van der Waals surface area contributed by atoms with E-state index in [4.69, 9.17) is 9.84 Å². The van der Waals surface area contributed by atoms with Crippen molar-refractivity contribution in [2.45, 2.75) is 26.1 Å². The highest BCUT2D eigenvalue weighted by Crippen LogP contribution is 2.11. The number of hydrogen-bond acceptors (Lipinski definition) is 2. The third-order valence-corrected chi connectivity index (χ3v) is 2.10. The van der Waals surface area contributed by atoms with E-state index in [0.717, 1.165) is 12.0 Å². The molecule has 0 aliphatic rings. The molecule has 0 bridgehead atoms. The summed E-state index contributed by atoms with van der Waals surface area (Å²) in [6, 6.07) is 8.12. The molecule has 0 spiro atoms. The van der Waals surface area contributed by atoms with Gasteiger partial charge in [-0.25, -0.2) is 0 Å². The lowest BCUT2D eigenvalue weighted by atomic mass is 10.1. The second-order valence-corrected chi connectivity index (χ2v) is 3.63. The fraction of sp³-hybridized carbons (Fsp3) is 0.385. The highest BCUT2D eigenvalue weighted by atomic mass is 16.5. The number of aliphatic hydroxyl groups is 1. The van der Waals surface area contributed by atoms with Crippen molar-refractivity contribution in [3.05, 3.63) is 48.0 Å². The van der Waals surface area contributed by atoms with Crippen molar-refractivity contribution < 1.29 is 9.84 Å². The lowest BCUT2D eigenvalue weighted by Crippen LogP contribution is -2.10. The van der Waals surface area contributed by atoms with Crippen LogP contribution < -0.4 is 0 Å². The number of aliphatic hydroxyl groups excluding tert-OH is 1. The first-order valence-corrected chi connectivity index (χ1v) is 5.17. The Labute approximate surface area is 91.2 Å². The Morgan fingerprint density at radius 3 is 2.67 bits per heavy atom. The van der Waals surface area contributed by atoms with Gasteiger partial charge in [0.25, 0.3) is 0 Å². The molecule has 0 saturated heterocycles. The SMILES string of the molecule is C=CCc1ccccc1COCC(C)O. The van der Waals surface area contributed by atoms with E-state index in [1.165, 1.54) is 5.56 Å². The number of rotatable bonds is 6. The van der Waals surface area contributed by atoms with Crippen LogP contribution in [0.2, 0.25) is 0 Å². The van der Waals surface area contributed by atoms with E-state index in [2.05, 4.69) is 12.6 Å². The van der Waals surface area contributed by atoms with Crippen molar-refractivity contribution in [3.63, 3.8) is 0 Å². The van der Waals surface area contributed by atoms with Gasteiger partial charge in [-0.3, -0.25) is 0 Å². The van der Waals surface area contributed by atoms with E-state index >= 15 is 0 Å². The molecule has 1 rings (SSSR count). The first-order valence-electron chi connectivity index (χ1n) is 5.17. The Kier molecular flexibility index (Phi) is 5.08. The van der Waals surface area contributed by atoms with Crippen LogP contribution in [-0.2, 0) is 17.8 Å². The van der Waals surface area contributed by atoms with E-state index in [9.17, 15) is 0 Å². The predicted molar refractivity (Wildman–Crippen MR) is 61.7 cm³/mol. The van der Waals surface area contributed by atoms with Crippen molar-refractivity contribution in [1.29, 1.82) is 0 Å². The van der Waals surface area contributed by atoms with Crippen molar-refractivity contribution >= 4 is 0 Å². The summed E-state index contributed by atoms with van der Waals surface area (Å²) in [5.74, 6) is 0. The summed E-state index contributed by atoms with van der Waals surface area (Å²) in [4.78, 5) is 0. The summed E-state index contributed by atoms with van der Waals surface area (Å²) in [6.45, 7) is 6.37. The Balaban J connectivity index is 2.55. The van der Waals surface area contributed by atoms with Gasteiger partial charge in [-0.05, 0) is 24.5 Å². The maximum atomic E-state index is 9.06. The van der Waals surface area contributed by atoms with Crippen LogP contribution in [0.1, 0.15) is 18.1 Å². The molecule has 1 aromatic carbocycles. The van der Waals surface area contributed by atoms with E-state index in [-0.39, 0.29) is 0 Å². The third-order valence-electron chi connectivity index (χ3n) is 2.10. The highest BCUT2D eigenvalue weighted by Gasteiger charge is 2.01. The molecule has 82 valence electrons. The molecule has 0 aliphatic carbocycles. The molecule has 0 aliphatic heterocycles. The van der Waals surface area contributed by atoms with Gasteiger partial charge in [-0.15, -0.1) is 6.58 Å². The summed E-state index contributed by atoms with van der Waals surface area (Å²) >= 11 is 0. The van der Waals surface area contributed by atoms with Crippen LogP contribution in [0, 0.1) is 0 Å². The molecule has 1 unspecified atom stereocenters. The van der Waals surface area contributed by atoms with Crippen LogP contribution in [0.5, 0.6) is 0 Å². The lowest BCUT2D eigenvalue weighted by molar-refractivity contribution is 0.0373. The number of ether oxygens (including phenoxy) is 1. The van der Waals surface area contributed by atoms with Gasteiger partial charge in [0.2, 0.25) is 0 Å². The lowest BCUT2D eigenvalue weighted by Gasteiger charge is -2.09. The average Bonchev–Trinajstić information content (AvgIpc) is 2.20. The summed E-state index contributed by atoms with van der Waals surface area (Å²) in [6.07, 6.45) is 2.33. The molecule has 0 saturated carbocycles. The van der Waals surface area contributed by atoms with Crippen molar-refractivity contribution in [2.24, 2.45) is 0 Å². The number of allylic oxidation sites excluding steroid dienone is 1. The predicted octanol–water partition coefficient (Wildman–Crippen LogP) is 2.31. The van der Waals surface area contributed by atoms with Crippen molar-refractivity contribution in [1.82, 2.24) is 0 Å². The van der Waals surface area contributed by atoms with Gasteiger partial charge in [0.05, 0.1) is 19.3 Å². The third kappa shape index (κ3) is 4.28. The largest absolute Gasteiger partial charge is 0.391 e. The van der Waals surface area contributed by atoms with Crippen LogP contribution in [-0.4, -0.2) is 17.8 Å². The van der Waals surface area contributed by atoms with Crippen LogP contribution >= 0.6 is 0 Å². The fourth-order valence-corrected chi connectivity index (χ4v) is 1.39. The summed E-state index contributed by atoms with van der Waals surface area (Å²) in [5, 5.41) is 9.06. The van der Waals surface area contributed by atoms with Crippen LogP contribution in [0.4, 0.5) is 0 Å². The smallest absolute Gasteiger partial charge is 0.0745 e. The molecular weight excluding hydrogens is 188 g/mol. The van der Waals surface area contributed by atoms with E-state index in [1.807, 2.05) is 24.3 Å². The number of benzene rings is 1. The molecule has 15 heavy (non-hydrogen) atoms. The maximum Gasteiger partial charge on any atom is 0.0745 e. The first-order chi connectivity index (χ1) is 7.24. The zero-order valence-electron chi connectivity index (χ0n) is 9.15. The highest BCUT2D eigenvalue weighted by molar-refractivity contribution is 5.28. The quantitative estimate of drug-likeness (QED) is 0.724. The summed E-state index contributed by atoms with van der Waals surface area (Å²) < 4.78 is 5.38. The Morgan fingerprint density at radius 1 is 1.40 bits per heavy atom. The van der Waals surface area contributed by atoms with E-state index in [0.29, 0.717) is 13.2 Å². The van der Waals surface area contributed by atoms with Gasteiger partial charge >= 0.3 is 0 Å². The average molecular weight is 206 g/mol. The monoisotopic (exact) mass is 206 g/mol.